The SMILES string of the molecule is CCS(=O)(=O)CC(=O)Nc1cc(Br)cc(C)c1N. The van der Waals surface area contributed by atoms with Crippen LogP contribution in [0.4, 0.5) is 11.4 Å². The summed E-state index contributed by atoms with van der Waals surface area (Å²) in [5, 5.41) is 2.51. The first-order valence-electron chi connectivity index (χ1n) is 5.31. The zero-order valence-electron chi connectivity index (χ0n) is 10.2. The van der Waals surface area contributed by atoms with Gasteiger partial charge in [-0.05, 0) is 24.6 Å². The number of anilines is 2. The Labute approximate surface area is 115 Å². The van der Waals surface area contributed by atoms with Gasteiger partial charge in [-0.1, -0.05) is 22.9 Å². The predicted octanol–water partition coefficient (Wildman–Crippen LogP) is 1.71. The maximum atomic E-state index is 11.6. The highest BCUT2D eigenvalue weighted by atomic mass is 79.9. The van der Waals surface area contributed by atoms with E-state index < -0.39 is 21.5 Å². The summed E-state index contributed by atoms with van der Waals surface area (Å²) in [7, 11) is -3.34. The lowest BCUT2D eigenvalue weighted by Gasteiger charge is -2.11. The lowest BCUT2D eigenvalue weighted by atomic mass is 10.2. The molecule has 0 heterocycles. The summed E-state index contributed by atoms with van der Waals surface area (Å²) in [6, 6.07) is 3.45. The molecule has 100 valence electrons. The van der Waals surface area contributed by atoms with Crippen LogP contribution in [0.3, 0.4) is 0 Å². The number of sulfone groups is 1. The molecule has 0 aliphatic heterocycles. The Bertz CT molecular complexity index is 570. The van der Waals surface area contributed by atoms with E-state index in [1.165, 1.54) is 6.92 Å². The van der Waals surface area contributed by atoms with Crippen LogP contribution in [-0.2, 0) is 14.6 Å². The maximum Gasteiger partial charge on any atom is 0.239 e. The van der Waals surface area contributed by atoms with Crippen molar-refractivity contribution in [1.82, 2.24) is 0 Å². The summed E-state index contributed by atoms with van der Waals surface area (Å²) < 4.78 is 23.4. The van der Waals surface area contributed by atoms with Crippen LogP contribution in [0.1, 0.15) is 12.5 Å². The van der Waals surface area contributed by atoms with Crippen molar-refractivity contribution in [2.24, 2.45) is 0 Å². The van der Waals surface area contributed by atoms with Crippen molar-refractivity contribution in [3.8, 4) is 0 Å². The molecule has 0 atom stereocenters. The molecule has 3 N–H and O–H groups in total. The third-order valence-corrected chi connectivity index (χ3v) is 4.46. The lowest BCUT2D eigenvalue weighted by Crippen LogP contribution is -2.24. The number of benzene rings is 1. The molecule has 1 rings (SSSR count). The van der Waals surface area contributed by atoms with Crippen LogP contribution < -0.4 is 11.1 Å². The Kier molecular flexibility index (Phi) is 4.75. The van der Waals surface area contributed by atoms with Gasteiger partial charge in [0.15, 0.2) is 9.84 Å². The third-order valence-electron chi connectivity index (χ3n) is 2.42. The first-order valence-corrected chi connectivity index (χ1v) is 7.92. The normalized spacial score (nSPS) is 11.3. The molecule has 0 unspecified atom stereocenters. The highest BCUT2D eigenvalue weighted by Crippen LogP contribution is 2.27. The average molecular weight is 335 g/mol. The van der Waals surface area contributed by atoms with Crippen molar-refractivity contribution in [2.75, 3.05) is 22.6 Å². The monoisotopic (exact) mass is 334 g/mol. The second kappa shape index (κ2) is 5.71. The number of nitrogen functional groups attached to an aromatic ring is 1. The van der Waals surface area contributed by atoms with Gasteiger partial charge in [0.05, 0.1) is 11.4 Å². The van der Waals surface area contributed by atoms with E-state index in [2.05, 4.69) is 21.2 Å². The molecule has 0 spiro atoms. The minimum Gasteiger partial charge on any atom is -0.397 e. The van der Waals surface area contributed by atoms with E-state index in [1.54, 1.807) is 13.0 Å². The van der Waals surface area contributed by atoms with E-state index in [1.807, 2.05) is 6.07 Å². The van der Waals surface area contributed by atoms with Gasteiger partial charge < -0.3 is 11.1 Å². The number of halogens is 1. The number of amides is 1. The first-order chi connectivity index (χ1) is 8.25. The molecule has 1 amide bonds. The quantitative estimate of drug-likeness (QED) is 0.820. The number of carbonyl (C=O) groups is 1. The molecular formula is C11H15BrN2O3S. The smallest absolute Gasteiger partial charge is 0.239 e. The van der Waals surface area contributed by atoms with Gasteiger partial charge in [0.25, 0.3) is 0 Å². The van der Waals surface area contributed by atoms with Crippen LogP contribution in [0.5, 0.6) is 0 Å². The molecule has 0 aliphatic rings. The molecule has 0 saturated carbocycles. The standard InChI is InChI=1S/C11H15BrN2O3S/c1-3-18(16,17)6-10(15)14-9-5-8(12)4-7(2)11(9)13/h4-5H,3,6,13H2,1-2H3,(H,14,15). The number of hydrogen-bond acceptors (Lipinski definition) is 4. The summed E-state index contributed by atoms with van der Waals surface area (Å²) in [4.78, 5) is 11.6. The van der Waals surface area contributed by atoms with Crippen molar-refractivity contribution in [1.29, 1.82) is 0 Å². The highest BCUT2D eigenvalue weighted by Gasteiger charge is 2.15. The number of nitrogens with one attached hydrogen (secondary N) is 1. The summed E-state index contributed by atoms with van der Waals surface area (Å²) in [5.41, 5.74) is 7.46. The van der Waals surface area contributed by atoms with Crippen LogP contribution in [-0.4, -0.2) is 25.8 Å². The van der Waals surface area contributed by atoms with Crippen LogP contribution in [0, 0.1) is 6.92 Å². The Morgan fingerprint density at radius 1 is 1.44 bits per heavy atom. The molecule has 0 radical (unpaired) electrons. The zero-order valence-corrected chi connectivity index (χ0v) is 12.6. The number of aryl methyl sites for hydroxylation is 1. The van der Waals surface area contributed by atoms with Crippen molar-refractivity contribution in [3.63, 3.8) is 0 Å². The van der Waals surface area contributed by atoms with Crippen molar-refractivity contribution in [3.05, 3.63) is 22.2 Å². The lowest BCUT2D eigenvalue weighted by molar-refractivity contribution is -0.113. The topological polar surface area (TPSA) is 89.3 Å². The maximum absolute atomic E-state index is 11.6. The third kappa shape index (κ3) is 3.99. The molecule has 5 nitrogen and oxygen atoms in total. The Hall–Kier alpha value is -1.08. The summed E-state index contributed by atoms with van der Waals surface area (Å²) in [5.74, 6) is -1.18. The highest BCUT2D eigenvalue weighted by molar-refractivity contribution is 9.10. The van der Waals surface area contributed by atoms with Gasteiger partial charge in [0.2, 0.25) is 5.91 Å². The van der Waals surface area contributed by atoms with E-state index in [4.69, 9.17) is 5.73 Å². The molecule has 0 bridgehead atoms. The van der Waals surface area contributed by atoms with E-state index in [9.17, 15) is 13.2 Å². The molecule has 0 aromatic heterocycles. The molecule has 0 saturated heterocycles. The molecule has 1 aromatic carbocycles. The number of rotatable bonds is 4. The van der Waals surface area contributed by atoms with E-state index in [0.29, 0.717) is 11.4 Å². The van der Waals surface area contributed by atoms with Crippen LogP contribution in [0.2, 0.25) is 0 Å². The molecule has 0 fully saturated rings. The Morgan fingerprint density at radius 2 is 2.06 bits per heavy atom. The first kappa shape index (κ1) is 15.0. The second-order valence-electron chi connectivity index (χ2n) is 3.91. The summed E-state index contributed by atoms with van der Waals surface area (Å²) in [6.45, 7) is 3.30. The van der Waals surface area contributed by atoms with Gasteiger partial charge in [-0.15, -0.1) is 0 Å². The van der Waals surface area contributed by atoms with Gasteiger partial charge >= 0.3 is 0 Å². The van der Waals surface area contributed by atoms with Crippen LogP contribution >= 0.6 is 15.9 Å². The molecule has 18 heavy (non-hydrogen) atoms. The Morgan fingerprint density at radius 3 is 2.61 bits per heavy atom. The van der Waals surface area contributed by atoms with Gasteiger partial charge in [-0.3, -0.25) is 4.79 Å². The van der Waals surface area contributed by atoms with Crippen molar-refractivity contribution < 1.29 is 13.2 Å². The minimum absolute atomic E-state index is 0.0621. The number of hydrogen-bond donors (Lipinski definition) is 2. The summed E-state index contributed by atoms with van der Waals surface area (Å²) >= 11 is 3.29. The largest absolute Gasteiger partial charge is 0.397 e. The minimum atomic E-state index is -3.34. The van der Waals surface area contributed by atoms with Gasteiger partial charge in [0, 0.05) is 10.2 Å². The molecular weight excluding hydrogens is 320 g/mol. The van der Waals surface area contributed by atoms with Gasteiger partial charge in [0.1, 0.15) is 5.75 Å². The summed E-state index contributed by atoms with van der Waals surface area (Å²) in [6.07, 6.45) is 0. The van der Waals surface area contributed by atoms with E-state index in [0.717, 1.165) is 10.0 Å². The Balaban J connectivity index is 2.89. The fourth-order valence-electron chi connectivity index (χ4n) is 1.35. The molecule has 0 aliphatic carbocycles. The van der Waals surface area contributed by atoms with E-state index in [-0.39, 0.29) is 5.75 Å². The fraction of sp³-hybridized carbons (Fsp3) is 0.364. The number of carbonyl (C=O) groups excluding carboxylic acids is 1. The van der Waals surface area contributed by atoms with E-state index >= 15 is 0 Å². The van der Waals surface area contributed by atoms with Gasteiger partial charge in [-0.2, -0.15) is 0 Å². The predicted molar refractivity (Wildman–Crippen MR) is 76.2 cm³/mol. The van der Waals surface area contributed by atoms with Crippen LogP contribution in [0.25, 0.3) is 0 Å². The van der Waals surface area contributed by atoms with Crippen LogP contribution in [0.15, 0.2) is 16.6 Å². The van der Waals surface area contributed by atoms with Crippen molar-refractivity contribution in [2.45, 2.75) is 13.8 Å². The molecule has 7 heteroatoms. The molecule has 1 aromatic rings. The number of nitrogens with two attached hydrogens (primary N) is 1. The fourth-order valence-corrected chi connectivity index (χ4v) is 2.59. The van der Waals surface area contributed by atoms with Gasteiger partial charge in [-0.25, -0.2) is 8.42 Å². The zero-order chi connectivity index (χ0) is 13.9. The van der Waals surface area contributed by atoms with Crippen molar-refractivity contribution >= 4 is 43.0 Å². The second-order valence-corrected chi connectivity index (χ2v) is 7.18. The average Bonchev–Trinajstić information content (AvgIpc) is 2.24.